The number of ketones is 2. The van der Waals surface area contributed by atoms with Crippen molar-refractivity contribution in [2.45, 2.75) is 117 Å². The minimum Gasteiger partial charge on any atom is -0.494 e. The Hall–Kier alpha value is -2.70. The molecule has 0 saturated carbocycles. The summed E-state index contributed by atoms with van der Waals surface area (Å²) < 4.78 is 11.9. The summed E-state index contributed by atoms with van der Waals surface area (Å²) in [6.07, 6.45) is 18.0. The molecule has 48 heavy (non-hydrogen) atoms. The van der Waals surface area contributed by atoms with Gasteiger partial charge in [0.15, 0.2) is 11.6 Å². The number of benzene rings is 2. The molecule has 6 heteroatoms. The Morgan fingerprint density at radius 2 is 0.896 bits per heavy atom. The number of Topliss-reactive ketones (excluding diaryl/α,β-unsaturated/α-hetero) is 2. The molecule has 0 aliphatic carbocycles. The highest BCUT2D eigenvalue weighted by Gasteiger charge is 2.29. The van der Waals surface area contributed by atoms with Crippen LogP contribution in [0, 0.1) is 11.8 Å². The van der Waals surface area contributed by atoms with Crippen LogP contribution in [0.2, 0.25) is 0 Å². The monoisotopic (exact) mass is 660 g/mol. The smallest absolute Gasteiger partial charge is 0.167 e. The molecule has 2 aromatic rings. The zero-order valence-electron chi connectivity index (χ0n) is 30.3. The number of unbranched alkanes of at least 4 members (excludes halogenated alkanes) is 4. The summed E-state index contributed by atoms with van der Waals surface area (Å²) in [5, 5.41) is 0. The van der Waals surface area contributed by atoms with Gasteiger partial charge in [0.1, 0.15) is 11.5 Å². The van der Waals surface area contributed by atoms with Crippen molar-refractivity contribution in [3.05, 3.63) is 59.7 Å². The number of nitrogens with zero attached hydrogens (tertiary/aromatic N) is 2. The first-order valence-electron chi connectivity index (χ1n) is 19.6. The first-order chi connectivity index (χ1) is 23.6. The minimum absolute atomic E-state index is 0.141. The van der Waals surface area contributed by atoms with Gasteiger partial charge >= 0.3 is 0 Å². The van der Waals surface area contributed by atoms with Crippen LogP contribution in [0.4, 0.5) is 0 Å². The van der Waals surface area contributed by atoms with Crippen LogP contribution in [0.15, 0.2) is 48.5 Å². The van der Waals surface area contributed by atoms with E-state index in [2.05, 4.69) is 23.6 Å². The molecule has 2 saturated heterocycles. The van der Waals surface area contributed by atoms with Crippen LogP contribution in [-0.2, 0) is 0 Å². The van der Waals surface area contributed by atoms with Gasteiger partial charge in [-0.3, -0.25) is 9.59 Å². The largest absolute Gasteiger partial charge is 0.494 e. The average molecular weight is 661 g/mol. The standard InChI is InChI=1S/C42H64N2O4/c1-3-5-15-31-47-39-23-19-35(20-24-39)41(45)37(33-43-27-11-7-8-12-28-43)17-18-38(34-44-29-13-9-10-14-30-44)42(46)36-21-25-40(26-22-36)48-32-16-6-4-2/h19-26,37-38H,3-18,27-34H2,1-2H3/t37-,38-/m1/s1. The van der Waals surface area contributed by atoms with Crippen molar-refractivity contribution in [2.24, 2.45) is 11.8 Å². The fourth-order valence-corrected chi connectivity index (χ4v) is 7.26. The molecule has 0 radical (unpaired) electrons. The van der Waals surface area contributed by atoms with Crippen LogP contribution in [0.5, 0.6) is 11.5 Å². The van der Waals surface area contributed by atoms with Crippen molar-refractivity contribution >= 4 is 11.6 Å². The Labute approximate surface area is 291 Å². The summed E-state index contributed by atoms with van der Waals surface area (Å²) in [6, 6.07) is 15.6. The maximum atomic E-state index is 14.2. The summed E-state index contributed by atoms with van der Waals surface area (Å²) in [7, 11) is 0. The predicted octanol–water partition coefficient (Wildman–Crippen LogP) is 9.65. The van der Waals surface area contributed by atoms with Gasteiger partial charge in [0.05, 0.1) is 13.2 Å². The predicted molar refractivity (Wildman–Crippen MR) is 198 cm³/mol. The SMILES string of the molecule is CCCCCOc1ccc(C(=O)[C@H](CC[C@H](CN2CCCCCC2)C(=O)c2ccc(OCCCCC)cc2)CN2CCCCCC2)cc1. The number of hydrogen-bond donors (Lipinski definition) is 0. The van der Waals surface area contributed by atoms with Gasteiger partial charge in [-0.2, -0.15) is 0 Å². The Morgan fingerprint density at radius 3 is 1.23 bits per heavy atom. The highest BCUT2D eigenvalue weighted by Crippen LogP contribution is 2.26. The second-order valence-corrected chi connectivity index (χ2v) is 14.3. The summed E-state index contributed by atoms with van der Waals surface area (Å²) >= 11 is 0. The number of ether oxygens (including phenoxy) is 2. The molecule has 2 aliphatic rings. The van der Waals surface area contributed by atoms with Gasteiger partial charge in [0.2, 0.25) is 0 Å². The van der Waals surface area contributed by atoms with Gasteiger partial charge in [-0.25, -0.2) is 0 Å². The summed E-state index contributed by atoms with van der Waals surface area (Å²) in [6.45, 7) is 11.5. The molecule has 0 bridgehead atoms. The molecule has 0 unspecified atom stereocenters. The van der Waals surface area contributed by atoms with Gasteiger partial charge in [-0.1, -0.05) is 65.2 Å². The van der Waals surface area contributed by atoms with Crippen molar-refractivity contribution in [1.82, 2.24) is 9.80 Å². The summed E-state index contributed by atoms with van der Waals surface area (Å²) in [5.41, 5.74) is 1.50. The molecule has 0 N–H and O–H groups in total. The lowest BCUT2D eigenvalue weighted by molar-refractivity contribution is 0.0810. The zero-order chi connectivity index (χ0) is 33.8. The molecule has 2 aliphatic heterocycles. The third-order valence-corrected chi connectivity index (χ3v) is 10.3. The number of likely N-dealkylation sites (tertiary alicyclic amines) is 2. The van der Waals surface area contributed by atoms with Crippen LogP contribution in [0.1, 0.15) is 137 Å². The van der Waals surface area contributed by atoms with E-state index in [9.17, 15) is 9.59 Å². The molecule has 0 amide bonds. The van der Waals surface area contributed by atoms with E-state index in [4.69, 9.17) is 9.47 Å². The number of hydrogen-bond acceptors (Lipinski definition) is 6. The normalized spacial score (nSPS) is 17.6. The molecule has 2 aromatic carbocycles. The van der Waals surface area contributed by atoms with Gasteiger partial charge in [0.25, 0.3) is 0 Å². The number of carbonyl (C=O) groups excluding carboxylic acids is 2. The van der Waals surface area contributed by atoms with Crippen LogP contribution in [-0.4, -0.2) is 73.8 Å². The van der Waals surface area contributed by atoms with Crippen LogP contribution in [0.25, 0.3) is 0 Å². The van der Waals surface area contributed by atoms with Crippen molar-refractivity contribution in [2.75, 3.05) is 52.5 Å². The molecular weight excluding hydrogens is 596 g/mol. The van der Waals surface area contributed by atoms with E-state index >= 15 is 0 Å². The van der Waals surface area contributed by atoms with Gasteiger partial charge in [-0.05, 0) is 126 Å². The lowest BCUT2D eigenvalue weighted by Gasteiger charge is -2.29. The van der Waals surface area contributed by atoms with Crippen LogP contribution < -0.4 is 9.47 Å². The second-order valence-electron chi connectivity index (χ2n) is 14.3. The number of rotatable bonds is 21. The van der Waals surface area contributed by atoms with E-state index in [0.29, 0.717) is 26.1 Å². The first-order valence-corrected chi connectivity index (χ1v) is 19.6. The second kappa shape index (κ2) is 22.1. The third kappa shape index (κ3) is 13.3. The molecule has 0 aromatic heterocycles. The van der Waals surface area contributed by atoms with Crippen molar-refractivity contribution in [1.29, 1.82) is 0 Å². The van der Waals surface area contributed by atoms with E-state index in [1.54, 1.807) is 0 Å². The van der Waals surface area contributed by atoms with E-state index < -0.39 is 0 Å². The number of carbonyl (C=O) groups is 2. The summed E-state index contributed by atoms with van der Waals surface area (Å²) in [5.74, 6) is 1.76. The van der Waals surface area contributed by atoms with Crippen molar-refractivity contribution in [3.8, 4) is 11.5 Å². The molecule has 2 atom stereocenters. The summed E-state index contributed by atoms with van der Waals surface area (Å²) in [4.78, 5) is 33.4. The highest BCUT2D eigenvalue weighted by atomic mass is 16.5. The van der Waals surface area contributed by atoms with Gasteiger partial charge < -0.3 is 19.3 Å². The van der Waals surface area contributed by atoms with E-state index in [1.807, 2.05) is 48.5 Å². The zero-order valence-corrected chi connectivity index (χ0v) is 30.3. The molecular formula is C42H64N2O4. The maximum Gasteiger partial charge on any atom is 0.167 e. The Morgan fingerprint density at radius 1 is 0.542 bits per heavy atom. The van der Waals surface area contributed by atoms with Crippen LogP contribution >= 0.6 is 0 Å². The quantitative estimate of drug-likeness (QED) is 0.0982. The average Bonchev–Trinajstić information content (AvgIpc) is 3.55. The molecule has 2 heterocycles. The molecule has 6 nitrogen and oxygen atoms in total. The maximum absolute atomic E-state index is 14.2. The van der Waals surface area contributed by atoms with E-state index in [1.165, 1.54) is 64.2 Å². The fourth-order valence-electron chi connectivity index (χ4n) is 7.26. The topological polar surface area (TPSA) is 59.1 Å². The van der Waals surface area contributed by atoms with E-state index in [-0.39, 0.29) is 23.4 Å². The third-order valence-electron chi connectivity index (χ3n) is 10.3. The molecule has 266 valence electrons. The lowest BCUT2D eigenvalue weighted by atomic mass is 9.86. The van der Waals surface area contributed by atoms with Crippen LogP contribution in [0.3, 0.4) is 0 Å². The molecule has 2 fully saturated rings. The van der Waals surface area contributed by atoms with Crippen molar-refractivity contribution < 1.29 is 19.1 Å². The lowest BCUT2D eigenvalue weighted by Crippen LogP contribution is -2.37. The molecule has 0 spiro atoms. The van der Waals surface area contributed by atoms with E-state index in [0.717, 1.165) is 87.6 Å². The Balaban J connectivity index is 1.48. The van der Waals surface area contributed by atoms with Crippen molar-refractivity contribution in [3.63, 3.8) is 0 Å². The van der Waals surface area contributed by atoms with Gasteiger partial charge in [0, 0.05) is 36.1 Å². The fraction of sp³-hybridized carbons (Fsp3) is 0.667. The minimum atomic E-state index is -0.141. The van der Waals surface area contributed by atoms with Gasteiger partial charge in [-0.15, -0.1) is 0 Å². The Bertz CT molecular complexity index is 1070. The highest BCUT2D eigenvalue weighted by molar-refractivity contribution is 5.99. The first kappa shape index (κ1) is 38.1. The molecule has 4 rings (SSSR count). The Kier molecular flexibility index (Phi) is 17.5.